The minimum atomic E-state index is -3.65. The molecule has 0 aliphatic carbocycles. The quantitative estimate of drug-likeness (QED) is 0.691. The van der Waals surface area contributed by atoms with Gasteiger partial charge in [-0.05, 0) is 31.2 Å². The normalized spacial score (nSPS) is 14.6. The summed E-state index contributed by atoms with van der Waals surface area (Å²) in [5.74, 6) is 0.233. The molecule has 0 atom stereocenters. The van der Waals surface area contributed by atoms with Crippen molar-refractivity contribution < 1.29 is 17.9 Å². The molecule has 8 heteroatoms. The second-order valence-corrected chi connectivity index (χ2v) is 8.78. The number of anilines is 2. The van der Waals surface area contributed by atoms with Crippen LogP contribution >= 0.6 is 0 Å². The molecule has 0 saturated carbocycles. The lowest BCUT2D eigenvalue weighted by atomic mass is 10.2. The Bertz CT molecular complexity index is 926. The number of carbonyl (C=O) groups is 1. The van der Waals surface area contributed by atoms with E-state index in [-0.39, 0.29) is 12.5 Å². The third kappa shape index (κ3) is 5.20. The van der Waals surface area contributed by atoms with Crippen LogP contribution in [-0.4, -0.2) is 64.8 Å². The lowest BCUT2D eigenvalue weighted by molar-refractivity contribution is -0.129. The zero-order valence-electron chi connectivity index (χ0n) is 16.8. The Hall–Kier alpha value is -2.74. The van der Waals surface area contributed by atoms with Gasteiger partial charge in [0.2, 0.25) is 15.9 Å². The fourth-order valence-electron chi connectivity index (χ4n) is 3.40. The van der Waals surface area contributed by atoms with Gasteiger partial charge in [-0.3, -0.25) is 9.10 Å². The van der Waals surface area contributed by atoms with Crippen molar-refractivity contribution in [1.82, 2.24) is 4.90 Å². The molecule has 7 nitrogen and oxygen atoms in total. The first-order valence-corrected chi connectivity index (χ1v) is 11.5. The average Bonchev–Trinajstić information content (AvgIpc) is 2.73. The lowest BCUT2D eigenvalue weighted by Crippen LogP contribution is -2.52. The highest BCUT2D eigenvalue weighted by Crippen LogP contribution is 2.30. The highest BCUT2D eigenvalue weighted by molar-refractivity contribution is 7.92. The second-order valence-electron chi connectivity index (χ2n) is 6.87. The molecule has 1 aliphatic heterocycles. The zero-order chi connectivity index (χ0) is 20.9. The maximum Gasteiger partial charge on any atom is 0.243 e. The van der Waals surface area contributed by atoms with Crippen molar-refractivity contribution in [2.24, 2.45) is 0 Å². The van der Waals surface area contributed by atoms with Crippen LogP contribution in [0.25, 0.3) is 0 Å². The molecule has 2 aromatic rings. The fraction of sp³-hybridized carbons (Fsp3) is 0.381. The number of sulfonamides is 1. The minimum absolute atomic E-state index is 0.213. The van der Waals surface area contributed by atoms with Crippen molar-refractivity contribution >= 4 is 27.3 Å². The van der Waals surface area contributed by atoms with E-state index in [9.17, 15) is 13.2 Å². The van der Waals surface area contributed by atoms with Crippen molar-refractivity contribution in [3.63, 3.8) is 0 Å². The summed E-state index contributed by atoms with van der Waals surface area (Å²) in [6, 6.07) is 16.9. The molecule has 3 rings (SSSR count). The van der Waals surface area contributed by atoms with Crippen molar-refractivity contribution in [3.05, 3.63) is 54.6 Å². The summed E-state index contributed by atoms with van der Waals surface area (Å²) in [6.07, 6.45) is 1.11. The van der Waals surface area contributed by atoms with Crippen molar-refractivity contribution in [2.45, 2.75) is 6.92 Å². The number of hydrogen-bond acceptors (Lipinski definition) is 5. The summed E-state index contributed by atoms with van der Waals surface area (Å²) in [5.41, 5.74) is 1.51. The van der Waals surface area contributed by atoms with Gasteiger partial charge in [0, 0.05) is 31.9 Å². The molecule has 1 amide bonds. The maximum absolute atomic E-state index is 12.9. The molecule has 2 aromatic carbocycles. The first-order chi connectivity index (χ1) is 13.9. The smallest absolute Gasteiger partial charge is 0.243 e. The Morgan fingerprint density at radius 3 is 2.24 bits per heavy atom. The molecular weight excluding hydrogens is 390 g/mol. The Labute approximate surface area is 172 Å². The second kappa shape index (κ2) is 9.17. The summed E-state index contributed by atoms with van der Waals surface area (Å²) in [7, 11) is -3.65. The van der Waals surface area contributed by atoms with Gasteiger partial charge in [-0.1, -0.05) is 30.3 Å². The van der Waals surface area contributed by atoms with Gasteiger partial charge in [0.05, 0.1) is 18.6 Å². The molecule has 29 heavy (non-hydrogen) atoms. The number of rotatable bonds is 7. The van der Waals surface area contributed by atoms with Crippen LogP contribution in [0.5, 0.6) is 5.75 Å². The van der Waals surface area contributed by atoms with E-state index in [1.165, 1.54) is 0 Å². The molecule has 1 fully saturated rings. The van der Waals surface area contributed by atoms with E-state index in [1.54, 1.807) is 29.2 Å². The van der Waals surface area contributed by atoms with Gasteiger partial charge >= 0.3 is 0 Å². The predicted octanol–water partition coefficient (Wildman–Crippen LogP) is 2.20. The summed E-state index contributed by atoms with van der Waals surface area (Å²) in [6.45, 7) is 4.53. The Morgan fingerprint density at radius 2 is 1.62 bits per heavy atom. The van der Waals surface area contributed by atoms with Gasteiger partial charge in [0.25, 0.3) is 0 Å². The van der Waals surface area contributed by atoms with E-state index in [1.807, 2.05) is 37.3 Å². The average molecular weight is 418 g/mol. The molecule has 1 saturated heterocycles. The first-order valence-electron chi connectivity index (χ1n) is 9.67. The summed E-state index contributed by atoms with van der Waals surface area (Å²) in [4.78, 5) is 16.8. The van der Waals surface area contributed by atoms with Crippen molar-refractivity contribution in [1.29, 1.82) is 0 Å². The minimum Gasteiger partial charge on any atom is -0.492 e. The van der Waals surface area contributed by atoms with Crippen molar-refractivity contribution in [2.75, 3.05) is 54.8 Å². The van der Waals surface area contributed by atoms with E-state index >= 15 is 0 Å². The monoisotopic (exact) mass is 417 g/mol. The van der Waals surface area contributed by atoms with Crippen molar-refractivity contribution in [3.8, 4) is 5.75 Å². The van der Waals surface area contributed by atoms with E-state index < -0.39 is 10.0 Å². The topological polar surface area (TPSA) is 70.2 Å². The van der Waals surface area contributed by atoms with Crippen LogP contribution in [0.2, 0.25) is 0 Å². The van der Waals surface area contributed by atoms with Crippen LogP contribution in [0.1, 0.15) is 6.92 Å². The van der Waals surface area contributed by atoms with E-state index in [4.69, 9.17) is 4.74 Å². The van der Waals surface area contributed by atoms with Crippen LogP contribution < -0.4 is 13.9 Å². The Morgan fingerprint density at radius 1 is 1.00 bits per heavy atom. The molecule has 156 valence electrons. The SMILES string of the molecule is CCOc1ccccc1N(CC(=O)N1CCN(c2ccccc2)CC1)S(C)(=O)=O. The number of carbonyl (C=O) groups excluding carboxylic acids is 1. The first kappa shape index (κ1) is 21.0. The highest BCUT2D eigenvalue weighted by Gasteiger charge is 2.28. The molecule has 0 aromatic heterocycles. The molecule has 1 heterocycles. The number of piperazine rings is 1. The summed E-state index contributed by atoms with van der Waals surface area (Å²) >= 11 is 0. The maximum atomic E-state index is 12.9. The largest absolute Gasteiger partial charge is 0.492 e. The molecule has 0 bridgehead atoms. The Balaban J connectivity index is 1.71. The highest BCUT2D eigenvalue weighted by atomic mass is 32.2. The van der Waals surface area contributed by atoms with Crippen LogP contribution in [0.3, 0.4) is 0 Å². The van der Waals surface area contributed by atoms with Crippen LogP contribution in [0.15, 0.2) is 54.6 Å². The fourth-order valence-corrected chi connectivity index (χ4v) is 4.25. The Kier molecular flexibility index (Phi) is 6.64. The number of nitrogens with zero attached hydrogens (tertiary/aromatic N) is 3. The number of ether oxygens (including phenoxy) is 1. The van der Waals surface area contributed by atoms with Gasteiger partial charge < -0.3 is 14.5 Å². The molecule has 0 unspecified atom stereocenters. The van der Waals surface area contributed by atoms with Crippen LogP contribution in [0, 0.1) is 0 Å². The van der Waals surface area contributed by atoms with Crippen LogP contribution in [-0.2, 0) is 14.8 Å². The third-order valence-corrected chi connectivity index (χ3v) is 5.99. The third-order valence-electron chi connectivity index (χ3n) is 4.87. The van der Waals surface area contributed by atoms with E-state index in [0.29, 0.717) is 44.2 Å². The zero-order valence-corrected chi connectivity index (χ0v) is 17.6. The van der Waals surface area contributed by atoms with Gasteiger partial charge in [-0.15, -0.1) is 0 Å². The standard InChI is InChI=1S/C21H27N3O4S/c1-3-28-20-12-8-7-11-19(20)24(29(2,26)27)17-21(25)23-15-13-22(14-16-23)18-9-5-4-6-10-18/h4-12H,3,13-17H2,1-2H3. The van der Waals surface area contributed by atoms with Gasteiger partial charge in [-0.2, -0.15) is 0 Å². The number of benzene rings is 2. The number of hydrogen-bond donors (Lipinski definition) is 0. The van der Waals surface area contributed by atoms with Gasteiger partial charge in [0.15, 0.2) is 0 Å². The van der Waals surface area contributed by atoms with Crippen LogP contribution in [0.4, 0.5) is 11.4 Å². The summed E-state index contributed by atoms with van der Waals surface area (Å²) in [5, 5.41) is 0. The van der Waals surface area contributed by atoms with Gasteiger partial charge in [0.1, 0.15) is 12.3 Å². The van der Waals surface area contributed by atoms with E-state index in [0.717, 1.165) is 16.2 Å². The number of amides is 1. The van der Waals surface area contributed by atoms with Gasteiger partial charge in [-0.25, -0.2) is 8.42 Å². The molecule has 1 aliphatic rings. The summed E-state index contributed by atoms with van der Waals surface area (Å²) < 4.78 is 31.6. The molecular formula is C21H27N3O4S. The lowest BCUT2D eigenvalue weighted by Gasteiger charge is -2.37. The molecule has 0 spiro atoms. The molecule has 0 N–H and O–H groups in total. The van der Waals surface area contributed by atoms with E-state index in [2.05, 4.69) is 4.90 Å². The molecule has 0 radical (unpaired) electrons. The number of para-hydroxylation sites is 3. The predicted molar refractivity (Wildman–Crippen MR) is 115 cm³/mol.